The van der Waals surface area contributed by atoms with Gasteiger partial charge < -0.3 is 10.2 Å². The smallest absolute Gasteiger partial charge is 0.251 e. The first-order valence-electron chi connectivity index (χ1n) is 10.2. The Morgan fingerprint density at radius 3 is 2.32 bits per heavy atom. The van der Waals surface area contributed by atoms with E-state index in [-0.39, 0.29) is 17.8 Å². The first-order chi connectivity index (χ1) is 14.7. The molecule has 31 heavy (non-hydrogen) atoms. The van der Waals surface area contributed by atoms with E-state index in [2.05, 4.69) is 15.3 Å². The summed E-state index contributed by atoms with van der Waals surface area (Å²) < 4.78 is 15.2. The molecule has 1 N–H and O–H groups in total. The summed E-state index contributed by atoms with van der Waals surface area (Å²) in [6.07, 6.45) is 0.723. The van der Waals surface area contributed by atoms with Crippen LogP contribution >= 0.6 is 11.6 Å². The fraction of sp³-hybridized carbons (Fsp3) is 0.333. The third-order valence-corrected chi connectivity index (χ3v) is 5.83. The van der Waals surface area contributed by atoms with E-state index in [9.17, 15) is 9.18 Å². The van der Waals surface area contributed by atoms with Gasteiger partial charge in [-0.1, -0.05) is 35.9 Å². The molecule has 3 rings (SSSR count). The lowest BCUT2D eigenvalue weighted by atomic mass is 10.0. The van der Waals surface area contributed by atoms with Crippen molar-refractivity contribution in [1.82, 2.24) is 20.0 Å². The number of hydrogen-bond donors (Lipinski definition) is 1. The Hall–Kier alpha value is -2.70. The number of carbonyl (C=O) groups is 1. The van der Waals surface area contributed by atoms with E-state index in [4.69, 9.17) is 11.6 Å². The number of nitrogens with zero attached hydrogens (tertiary/aromatic N) is 3. The molecular weight excluding hydrogens is 415 g/mol. The maximum absolute atomic E-state index is 13.3. The normalized spacial score (nSPS) is 12.2. The molecule has 1 aromatic heterocycles. The molecule has 0 fully saturated rings. The van der Waals surface area contributed by atoms with Gasteiger partial charge in [-0.2, -0.15) is 5.10 Å². The quantitative estimate of drug-likeness (QED) is 0.547. The van der Waals surface area contributed by atoms with Crippen molar-refractivity contribution in [3.63, 3.8) is 0 Å². The van der Waals surface area contributed by atoms with Crippen LogP contribution in [0, 0.1) is 19.7 Å². The molecule has 0 aliphatic heterocycles. The molecule has 0 saturated heterocycles. The van der Waals surface area contributed by atoms with Gasteiger partial charge in [0.2, 0.25) is 0 Å². The summed E-state index contributed by atoms with van der Waals surface area (Å²) in [7, 11) is 3.97. The van der Waals surface area contributed by atoms with Gasteiger partial charge >= 0.3 is 0 Å². The molecule has 0 radical (unpaired) electrons. The van der Waals surface area contributed by atoms with Crippen LogP contribution in [0.25, 0.3) is 0 Å². The molecule has 164 valence electrons. The molecule has 0 spiro atoms. The molecule has 3 aromatic rings. The van der Waals surface area contributed by atoms with E-state index < -0.39 is 0 Å². The largest absolute Gasteiger partial charge is 0.345 e. The van der Waals surface area contributed by atoms with Crippen LogP contribution in [0.2, 0.25) is 5.02 Å². The van der Waals surface area contributed by atoms with Crippen LogP contribution in [-0.2, 0) is 6.54 Å². The van der Waals surface area contributed by atoms with E-state index >= 15 is 0 Å². The number of aromatic nitrogens is 2. The maximum atomic E-state index is 13.3. The Labute approximate surface area is 187 Å². The zero-order valence-corrected chi connectivity index (χ0v) is 19.1. The van der Waals surface area contributed by atoms with Crippen molar-refractivity contribution in [2.45, 2.75) is 32.9 Å². The highest BCUT2D eigenvalue weighted by atomic mass is 35.5. The van der Waals surface area contributed by atoms with Crippen LogP contribution in [0.1, 0.15) is 45.3 Å². The lowest BCUT2D eigenvalue weighted by molar-refractivity contribution is 0.0932. The van der Waals surface area contributed by atoms with Crippen LogP contribution in [0.3, 0.4) is 0 Å². The predicted octanol–water partition coefficient (Wildman–Crippen LogP) is 4.76. The topological polar surface area (TPSA) is 50.2 Å². The number of nitrogens with one attached hydrogen (secondary N) is 1. The summed E-state index contributed by atoms with van der Waals surface area (Å²) in [5, 5.41) is 8.22. The van der Waals surface area contributed by atoms with Crippen molar-refractivity contribution in [3.8, 4) is 0 Å². The van der Waals surface area contributed by atoms with Crippen molar-refractivity contribution in [2.75, 3.05) is 20.6 Å². The molecule has 1 amide bonds. The van der Waals surface area contributed by atoms with Crippen LogP contribution in [0.4, 0.5) is 4.39 Å². The average Bonchev–Trinajstić information content (AvgIpc) is 2.98. The molecule has 0 aliphatic rings. The Balaban J connectivity index is 1.71. The third-order valence-electron chi connectivity index (χ3n) is 5.28. The lowest BCUT2D eigenvalue weighted by Gasteiger charge is -2.21. The van der Waals surface area contributed by atoms with Gasteiger partial charge in [-0.05, 0) is 76.3 Å². The van der Waals surface area contributed by atoms with Crippen LogP contribution in [-0.4, -0.2) is 41.2 Å². The molecule has 5 nitrogen and oxygen atoms in total. The van der Waals surface area contributed by atoms with Crippen molar-refractivity contribution in [1.29, 1.82) is 0 Å². The van der Waals surface area contributed by atoms with Crippen LogP contribution in [0.15, 0.2) is 48.5 Å². The van der Waals surface area contributed by atoms with Gasteiger partial charge in [0.1, 0.15) is 5.82 Å². The summed E-state index contributed by atoms with van der Waals surface area (Å²) in [6, 6.07) is 13.5. The van der Waals surface area contributed by atoms with Gasteiger partial charge in [0, 0.05) is 5.56 Å². The second kappa shape index (κ2) is 10.1. The number of aryl methyl sites for hydroxylation is 1. The maximum Gasteiger partial charge on any atom is 0.251 e. The lowest BCUT2D eigenvalue weighted by Crippen LogP contribution is -2.31. The number of hydrogen-bond acceptors (Lipinski definition) is 3. The summed E-state index contributed by atoms with van der Waals surface area (Å²) in [5.41, 5.74) is 4.21. The van der Waals surface area contributed by atoms with Gasteiger partial charge in [-0.25, -0.2) is 4.39 Å². The summed E-state index contributed by atoms with van der Waals surface area (Å²) in [4.78, 5) is 14.9. The number of halogens is 2. The minimum atomic E-state index is -0.291. The SMILES string of the molecule is Cc1nn(Cc2ccc(C(=O)NC(CCN(C)C)c3ccc(F)cc3)cc2)c(C)c1Cl. The minimum absolute atomic E-state index is 0.159. The molecule has 1 unspecified atom stereocenters. The van der Waals surface area contributed by atoms with E-state index in [1.165, 1.54) is 12.1 Å². The number of rotatable bonds is 8. The van der Waals surface area contributed by atoms with Crippen molar-refractivity contribution >= 4 is 17.5 Å². The minimum Gasteiger partial charge on any atom is -0.345 e. The highest BCUT2D eigenvalue weighted by Gasteiger charge is 2.17. The number of carbonyl (C=O) groups excluding carboxylic acids is 1. The second-order valence-corrected chi connectivity index (χ2v) is 8.39. The Morgan fingerprint density at radius 2 is 1.77 bits per heavy atom. The van der Waals surface area contributed by atoms with Crippen LogP contribution in [0.5, 0.6) is 0 Å². The molecule has 1 heterocycles. The Morgan fingerprint density at radius 1 is 1.13 bits per heavy atom. The van der Waals surface area contributed by atoms with E-state index in [1.807, 2.05) is 56.9 Å². The molecule has 0 saturated carbocycles. The highest BCUT2D eigenvalue weighted by Crippen LogP contribution is 2.21. The third kappa shape index (κ3) is 5.93. The molecular formula is C24H28ClFN4O. The van der Waals surface area contributed by atoms with Crippen LogP contribution < -0.4 is 5.32 Å². The summed E-state index contributed by atoms with van der Waals surface area (Å²) in [6.45, 7) is 5.20. The predicted molar refractivity (Wildman–Crippen MR) is 122 cm³/mol. The Bertz CT molecular complexity index is 1030. The van der Waals surface area contributed by atoms with Gasteiger partial charge in [-0.15, -0.1) is 0 Å². The zero-order chi connectivity index (χ0) is 22.5. The fourth-order valence-corrected chi connectivity index (χ4v) is 3.54. The van der Waals surface area contributed by atoms with Gasteiger partial charge in [0.25, 0.3) is 5.91 Å². The van der Waals surface area contributed by atoms with Crippen molar-refractivity contribution in [2.24, 2.45) is 0 Å². The van der Waals surface area contributed by atoms with Gasteiger partial charge in [0.15, 0.2) is 0 Å². The molecule has 7 heteroatoms. The van der Waals surface area contributed by atoms with E-state index in [0.29, 0.717) is 17.1 Å². The molecule has 0 aliphatic carbocycles. The van der Waals surface area contributed by atoms with Crippen molar-refractivity contribution in [3.05, 3.63) is 87.4 Å². The summed E-state index contributed by atoms with van der Waals surface area (Å²) >= 11 is 6.22. The molecule has 1 atom stereocenters. The second-order valence-electron chi connectivity index (χ2n) is 8.01. The standard InChI is InChI=1S/C24H28ClFN4O/c1-16-23(25)17(2)30(28-16)15-18-5-7-20(8-6-18)24(31)27-22(13-14-29(3)4)19-9-11-21(26)12-10-19/h5-12,22H,13-15H2,1-4H3,(H,27,31). The van der Waals surface area contributed by atoms with Gasteiger partial charge in [-0.3, -0.25) is 9.48 Å². The molecule has 0 bridgehead atoms. The van der Waals surface area contributed by atoms with Gasteiger partial charge in [0.05, 0.1) is 29.0 Å². The number of amides is 1. The molecule has 2 aromatic carbocycles. The summed E-state index contributed by atoms with van der Waals surface area (Å²) in [5.74, 6) is -0.449. The first kappa shape index (κ1) is 23.0. The van der Waals surface area contributed by atoms with E-state index in [1.54, 1.807) is 12.1 Å². The monoisotopic (exact) mass is 442 g/mol. The van der Waals surface area contributed by atoms with E-state index in [0.717, 1.165) is 35.5 Å². The average molecular weight is 443 g/mol. The highest BCUT2D eigenvalue weighted by molar-refractivity contribution is 6.31. The fourth-order valence-electron chi connectivity index (χ4n) is 3.41. The first-order valence-corrected chi connectivity index (χ1v) is 10.6. The zero-order valence-electron chi connectivity index (χ0n) is 18.3. The van der Waals surface area contributed by atoms with Crippen molar-refractivity contribution < 1.29 is 9.18 Å². The Kier molecular flexibility index (Phi) is 7.46. The number of benzene rings is 2.